The molecule has 2 rings (SSSR count). The summed E-state index contributed by atoms with van der Waals surface area (Å²) in [6.07, 6.45) is 1.53. The van der Waals surface area contributed by atoms with Crippen molar-refractivity contribution in [3.05, 3.63) is 23.3 Å². The monoisotopic (exact) mass is 290 g/mol. The topological polar surface area (TPSA) is 43.8 Å². The summed E-state index contributed by atoms with van der Waals surface area (Å²) in [7, 11) is 0. The third kappa shape index (κ3) is 2.99. The van der Waals surface area contributed by atoms with Gasteiger partial charge in [0.2, 0.25) is 0 Å². The van der Waals surface area contributed by atoms with Gasteiger partial charge in [-0.2, -0.15) is 0 Å². The number of carboxylic acid groups (broad SMARTS) is 1. The molecular formula is C17H26N2O2. The van der Waals surface area contributed by atoms with Crippen LogP contribution in [-0.4, -0.2) is 29.8 Å². The predicted molar refractivity (Wildman–Crippen MR) is 87.6 cm³/mol. The molecule has 116 valence electrons. The lowest BCUT2D eigenvalue weighted by molar-refractivity contribution is 0.195. The second-order valence-corrected chi connectivity index (χ2v) is 6.86. The first-order valence-electron chi connectivity index (χ1n) is 7.62. The molecule has 1 heterocycles. The lowest BCUT2D eigenvalue weighted by atomic mass is 9.99. The molecule has 0 unspecified atom stereocenters. The summed E-state index contributed by atoms with van der Waals surface area (Å²) in [5.74, 6) is 0. The number of hydrogen-bond donors (Lipinski definition) is 1. The highest BCUT2D eigenvalue weighted by Crippen LogP contribution is 2.37. The molecule has 1 fully saturated rings. The van der Waals surface area contributed by atoms with Crippen LogP contribution in [0.4, 0.5) is 16.2 Å². The number of hydrogen-bond acceptors (Lipinski definition) is 2. The van der Waals surface area contributed by atoms with Crippen molar-refractivity contribution in [2.45, 2.75) is 53.0 Å². The van der Waals surface area contributed by atoms with Gasteiger partial charge in [-0.15, -0.1) is 0 Å². The Hall–Kier alpha value is -1.71. The van der Waals surface area contributed by atoms with Crippen LogP contribution in [-0.2, 0) is 0 Å². The molecule has 0 bridgehead atoms. The maximum absolute atomic E-state index is 11.8. The van der Waals surface area contributed by atoms with Crippen molar-refractivity contribution in [3.63, 3.8) is 0 Å². The van der Waals surface area contributed by atoms with Gasteiger partial charge in [-0.25, -0.2) is 4.79 Å². The zero-order valence-corrected chi connectivity index (χ0v) is 13.7. The molecule has 1 aromatic carbocycles. The Morgan fingerprint density at radius 1 is 1.19 bits per heavy atom. The quantitative estimate of drug-likeness (QED) is 0.888. The average Bonchev–Trinajstić information content (AvgIpc) is 2.85. The van der Waals surface area contributed by atoms with Crippen LogP contribution in [0.5, 0.6) is 0 Å². The molecule has 4 heteroatoms. The molecule has 1 aliphatic heterocycles. The molecule has 1 saturated heterocycles. The molecule has 0 spiro atoms. The van der Waals surface area contributed by atoms with Crippen molar-refractivity contribution < 1.29 is 9.90 Å². The van der Waals surface area contributed by atoms with Crippen LogP contribution in [0.15, 0.2) is 12.1 Å². The van der Waals surface area contributed by atoms with Gasteiger partial charge in [0.25, 0.3) is 0 Å². The van der Waals surface area contributed by atoms with Crippen LogP contribution in [0, 0.1) is 13.8 Å². The van der Waals surface area contributed by atoms with Gasteiger partial charge in [0, 0.05) is 24.3 Å². The smallest absolute Gasteiger partial charge is 0.412 e. The number of anilines is 2. The summed E-state index contributed by atoms with van der Waals surface area (Å²) in [6.45, 7) is 11.9. The highest BCUT2D eigenvalue weighted by molar-refractivity contribution is 5.91. The van der Waals surface area contributed by atoms with Crippen molar-refractivity contribution in [2.24, 2.45) is 0 Å². The van der Waals surface area contributed by atoms with E-state index in [1.165, 1.54) is 23.4 Å². The van der Waals surface area contributed by atoms with E-state index < -0.39 is 11.6 Å². The summed E-state index contributed by atoms with van der Waals surface area (Å²) in [6, 6.07) is 4.17. The predicted octanol–water partition coefficient (Wildman–Crippen LogP) is 4.19. The highest BCUT2D eigenvalue weighted by atomic mass is 16.4. The van der Waals surface area contributed by atoms with Crippen molar-refractivity contribution in [2.75, 3.05) is 22.9 Å². The van der Waals surface area contributed by atoms with Gasteiger partial charge in [-0.05, 0) is 64.7 Å². The Bertz CT molecular complexity index is 540. The fourth-order valence-corrected chi connectivity index (χ4v) is 3.19. The second kappa shape index (κ2) is 5.58. The summed E-state index contributed by atoms with van der Waals surface area (Å²) >= 11 is 0. The van der Waals surface area contributed by atoms with E-state index in [1.54, 1.807) is 0 Å². The van der Waals surface area contributed by atoms with Crippen molar-refractivity contribution in [1.29, 1.82) is 0 Å². The second-order valence-electron chi connectivity index (χ2n) is 6.86. The third-order valence-corrected chi connectivity index (χ3v) is 4.14. The lowest BCUT2D eigenvalue weighted by Gasteiger charge is -2.36. The molecule has 0 aromatic heterocycles. The van der Waals surface area contributed by atoms with Crippen LogP contribution in [0.2, 0.25) is 0 Å². The Balaban J connectivity index is 2.56. The van der Waals surface area contributed by atoms with E-state index in [9.17, 15) is 9.90 Å². The fraction of sp³-hybridized carbons (Fsp3) is 0.588. The Morgan fingerprint density at radius 2 is 1.76 bits per heavy atom. The number of rotatable bonds is 2. The van der Waals surface area contributed by atoms with Gasteiger partial charge in [-0.1, -0.05) is 6.07 Å². The van der Waals surface area contributed by atoms with Gasteiger partial charge in [0.1, 0.15) is 0 Å². The number of benzene rings is 1. The van der Waals surface area contributed by atoms with E-state index in [2.05, 4.69) is 11.0 Å². The zero-order chi connectivity index (χ0) is 15.8. The molecule has 1 N–H and O–H groups in total. The van der Waals surface area contributed by atoms with Crippen LogP contribution < -0.4 is 9.80 Å². The molecule has 4 nitrogen and oxygen atoms in total. The van der Waals surface area contributed by atoms with E-state index in [-0.39, 0.29) is 0 Å². The maximum Gasteiger partial charge on any atom is 0.412 e. The third-order valence-electron chi connectivity index (χ3n) is 4.14. The van der Waals surface area contributed by atoms with E-state index in [1.807, 2.05) is 40.7 Å². The molecule has 0 aliphatic carbocycles. The molecule has 0 radical (unpaired) electrons. The Labute approximate surface area is 127 Å². The average molecular weight is 290 g/mol. The van der Waals surface area contributed by atoms with E-state index in [4.69, 9.17) is 0 Å². The molecule has 0 atom stereocenters. The van der Waals surface area contributed by atoms with E-state index in [0.29, 0.717) is 0 Å². The number of aryl methyl sites for hydroxylation is 1. The van der Waals surface area contributed by atoms with Crippen molar-refractivity contribution in [1.82, 2.24) is 0 Å². The summed E-state index contributed by atoms with van der Waals surface area (Å²) < 4.78 is 0. The number of amides is 1. The molecule has 0 saturated carbocycles. The van der Waals surface area contributed by atoms with Crippen LogP contribution in [0.25, 0.3) is 0 Å². The molecular weight excluding hydrogens is 264 g/mol. The minimum Gasteiger partial charge on any atom is -0.465 e. The van der Waals surface area contributed by atoms with Crippen LogP contribution >= 0.6 is 0 Å². The van der Waals surface area contributed by atoms with E-state index >= 15 is 0 Å². The summed E-state index contributed by atoms with van der Waals surface area (Å²) in [5.41, 5.74) is 3.61. The minimum absolute atomic E-state index is 0.467. The van der Waals surface area contributed by atoms with Crippen LogP contribution in [0.3, 0.4) is 0 Å². The first-order chi connectivity index (χ1) is 9.73. The summed E-state index contributed by atoms with van der Waals surface area (Å²) in [4.78, 5) is 15.7. The fourth-order valence-electron chi connectivity index (χ4n) is 3.19. The minimum atomic E-state index is -0.896. The molecule has 21 heavy (non-hydrogen) atoms. The molecule has 1 amide bonds. The van der Waals surface area contributed by atoms with Gasteiger partial charge in [0.15, 0.2) is 0 Å². The number of nitrogens with zero attached hydrogens (tertiary/aromatic N) is 2. The standard InChI is InChI=1S/C17H26N2O2/c1-12-8-9-14(18-10-6-7-11-18)13(2)15(12)19(16(20)21)17(3,4)5/h8-9H,6-7,10-11H2,1-5H3,(H,20,21). The van der Waals surface area contributed by atoms with E-state index in [0.717, 1.165) is 29.9 Å². The van der Waals surface area contributed by atoms with Crippen molar-refractivity contribution >= 4 is 17.5 Å². The van der Waals surface area contributed by atoms with Gasteiger partial charge < -0.3 is 10.0 Å². The summed E-state index contributed by atoms with van der Waals surface area (Å²) in [5, 5.41) is 9.68. The molecule has 1 aromatic rings. The first-order valence-corrected chi connectivity index (χ1v) is 7.62. The SMILES string of the molecule is Cc1ccc(N2CCCC2)c(C)c1N(C(=O)O)C(C)(C)C. The lowest BCUT2D eigenvalue weighted by Crippen LogP contribution is -2.46. The largest absolute Gasteiger partial charge is 0.465 e. The highest BCUT2D eigenvalue weighted by Gasteiger charge is 2.31. The van der Waals surface area contributed by atoms with Crippen molar-refractivity contribution in [3.8, 4) is 0 Å². The Morgan fingerprint density at radius 3 is 2.24 bits per heavy atom. The number of carbonyl (C=O) groups is 1. The van der Waals surface area contributed by atoms with Crippen LogP contribution in [0.1, 0.15) is 44.7 Å². The molecule has 1 aliphatic rings. The van der Waals surface area contributed by atoms with Gasteiger partial charge in [0.05, 0.1) is 5.69 Å². The zero-order valence-electron chi connectivity index (χ0n) is 13.7. The first kappa shape index (κ1) is 15.7. The normalized spacial score (nSPS) is 15.4. The van der Waals surface area contributed by atoms with Gasteiger partial charge >= 0.3 is 6.09 Å². The van der Waals surface area contributed by atoms with Gasteiger partial charge in [-0.3, -0.25) is 4.90 Å². The Kier molecular flexibility index (Phi) is 4.17. The maximum atomic E-state index is 11.8.